The van der Waals surface area contributed by atoms with Crippen molar-refractivity contribution in [3.63, 3.8) is 0 Å². The van der Waals surface area contributed by atoms with Crippen LogP contribution in [0.5, 0.6) is 0 Å². The summed E-state index contributed by atoms with van der Waals surface area (Å²) in [6, 6.07) is 4.78. The minimum atomic E-state index is -0.378. The average Bonchev–Trinajstić information content (AvgIpc) is 2.71. The van der Waals surface area contributed by atoms with Crippen LogP contribution in [-0.2, 0) is 4.74 Å². The van der Waals surface area contributed by atoms with Gasteiger partial charge in [-0.15, -0.1) is 0 Å². The summed E-state index contributed by atoms with van der Waals surface area (Å²) >= 11 is 0. The molecule has 0 fully saturated rings. The fourth-order valence-corrected chi connectivity index (χ4v) is 2.32. The average molecular weight is 414 g/mol. The first kappa shape index (κ1) is 27.0. The molecule has 1 aromatic rings. The van der Waals surface area contributed by atoms with Gasteiger partial charge in [0.1, 0.15) is 18.3 Å². The summed E-state index contributed by atoms with van der Waals surface area (Å²) in [4.78, 5) is 4.21. The van der Waals surface area contributed by atoms with E-state index in [1.165, 1.54) is 30.4 Å². The lowest BCUT2D eigenvalue weighted by atomic mass is 10.0. The topological polar surface area (TPSA) is 21.6 Å². The predicted molar refractivity (Wildman–Crippen MR) is 127 cm³/mol. The van der Waals surface area contributed by atoms with Crippen LogP contribution in [-0.4, -0.2) is 12.8 Å². The van der Waals surface area contributed by atoms with Gasteiger partial charge in [-0.3, -0.25) is 4.99 Å². The van der Waals surface area contributed by atoms with Crippen molar-refractivity contribution >= 4 is 11.8 Å². The number of aryl methyl sites for hydroxylation is 1. The zero-order valence-electron chi connectivity index (χ0n) is 18.7. The molecule has 0 saturated heterocycles. The summed E-state index contributed by atoms with van der Waals surface area (Å²) in [5, 5.41) is 0. The van der Waals surface area contributed by atoms with Crippen LogP contribution in [0.1, 0.15) is 45.2 Å². The molecule has 1 aromatic carbocycles. The molecule has 0 aliphatic carbocycles. The summed E-state index contributed by atoms with van der Waals surface area (Å²) in [5.74, 6) is -0.0657. The Balaban J connectivity index is 0.000000579. The molecule has 0 aliphatic rings. The Morgan fingerprint density at radius 3 is 2.40 bits per heavy atom. The molecule has 0 unspecified atom stereocenters. The Morgan fingerprint density at radius 2 is 1.90 bits per heavy atom. The van der Waals surface area contributed by atoms with E-state index in [-0.39, 0.29) is 11.6 Å². The minimum absolute atomic E-state index is 0.194. The molecule has 0 aliphatic heterocycles. The number of aliphatic imine (C=N–C) groups is 1. The fraction of sp³-hybridized carbons (Fsp3) is 0.269. The highest BCUT2D eigenvalue weighted by atomic mass is 19.1. The van der Waals surface area contributed by atoms with Crippen molar-refractivity contribution in [1.29, 1.82) is 0 Å². The lowest BCUT2D eigenvalue weighted by molar-refractivity contribution is 0.239. The molecule has 0 N–H and O–H groups in total. The van der Waals surface area contributed by atoms with E-state index >= 15 is 0 Å². The third-order valence-electron chi connectivity index (χ3n) is 3.87. The molecular weight excluding hydrogens is 380 g/mol. The number of nitrogens with zero attached hydrogens (tertiary/aromatic N) is 1. The van der Waals surface area contributed by atoms with Crippen molar-refractivity contribution in [3.05, 3.63) is 102 Å². The second-order valence-electron chi connectivity index (χ2n) is 6.24. The fourth-order valence-electron chi connectivity index (χ4n) is 2.32. The first-order chi connectivity index (χ1) is 14.3. The maximum Gasteiger partial charge on any atom is 0.129 e. The van der Waals surface area contributed by atoms with Crippen LogP contribution in [0.3, 0.4) is 0 Å². The largest absolute Gasteiger partial charge is 0.492 e. The molecule has 0 saturated carbocycles. The zero-order valence-corrected chi connectivity index (χ0v) is 18.7. The van der Waals surface area contributed by atoms with Crippen LogP contribution in [0.15, 0.2) is 90.1 Å². The Labute approximate surface area is 180 Å². The van der Waals surface area contributed by atoms with Gasteiger partial charge in [-0.25, -0.2) is 8.78 Å². The smallest absolute Gasteiger partial charge is 0.129 e. The van der Waals surface area contributed by atoms with E-state index in [0.717, 1.165) is 28.8 Å². The van der Waals surface area contributed by atoms with Crippen molar-refractivity contribution in [2.45, 2.75) is 41.0 Å². The minimum Gasteiger partial charge on any atom is -0.492 e. The van der Waals surface area contributed by atoms with Crippen LogP contribution in [0, 0.1) is 12.7 Å². The number of halogens is 2. The van der Waals surface area contributed by atoms with Gasteiger partial charge in [0.2, 0.25) is 0 Å². The maximum atomic E-state index is 13.1. The molecule has 4 heteroatoms. The molecule has 0 radical (unpaired) electrons. The van der Waals surface area contributed by atoms with Gasteiger partial charge in [0, 0.05) is 12.3 Å². The van der Waals surface area contributed by atoms with E-state index < -0.39 is 0 Å². The number of hydrogen-bond acceptors (Lipinski definition) is 2. The summed E-state index contributed by atoms with van der Waals surface area (Å²) in [6.45, 7) is 16.9. The van der Waals surface area contributed by atoms with Gasteiger partial charge < -0.3 is 4.74 Å². The van der Waals surface area contributed by atoms with Crippen LogP contribution >= 0.6 is 0 Å². The SMILES string of the molecule is C=C/C(=C\C)c1ccc(F)cc1C.C=C/C=C(F)\C=C(/C)OC/C(=C/C)N=CCC. The number of benzene rings is 1. The molecule has 1 rings (SSSR count). The summed E-state index contributed by atoms with van der Waals surface area (Å²) in [6.07, 6.45) is 12.3. The van der Waals surface area contributed by atoms with Gasteiger partial charge in [-0.2, -0.15) is 0 Å². The van der Waals surface area contributed by atoms with E-state index in [0.29, 0.717) is 12.4 Å². The standard InChI is InChI=1S/C14H20FNO.C12H13F/c1-5-8-13(15)10-12(4)17-11-14(7-3)16-9-6-2;1-4-10(5-2)12-7-6-11(13)8-9(12)3/h5,7-10H,1,6,11H2,2-4H3;4-8H,1H2,2-3H3/b12-10+,13-8+,14-7-,16-9?;10-5+. The van der Waals surface area contributed by atoms with Gasteiger partial charge in [-0.1, -0.05) is 50.5 Å². The van der Waals surface area contributed by atoms with Crippen molar-refractivity contribution in [1.82, 2.24) is 0 Å². The van der Waals surface area contributed by atoms with Gasteiger partial charge in [-0.05, 0) is 69.0 Å². The maximum absolute atomic E-state index is 13.1. The Kier molecular flexibility index (Phi) is 14.3. The van der Waals surface area contributed by atoms with E-state index in [9.17, 15) is 8.78 Å². The van der Waals surface area contributed by atoms with E-state index in [2.05, 4.69) is 18.2 Å². The van der Waals surface area contributed by atoms with Crippen LogP contribution in [0.2, 0.25) is 0 Å². The molecule has 30 heavy (non-hydrogen) atoms. The van der Waals surface area contributed by atoms with E-state index in [1.54, 1.807) is 19.1 Å². The summed E-state index contributed by atoms with van der Waals surface area (Å²) < 4.78 is 31.2. The Hall–Kier alpha value is -3.01. The first-order valence-corrected chi connectivity index (χ1v) is 9.85. The summed E-state index contributed by atoms with van der Waals surface area (Å²) in [7, 11) is 0. The lowest BCUT2D eigenvalue weighted by Crippen LogP contribution is -1.95. The van der Waals surface area contributed by atoms with Crippen molar-refractivity contribution < 1.29 is 13.5 Å². The van der Waals surface area contributed by atoms with Gasteiger partial charge in [0.15, 0.2) is 0 Å². The molecule has 0 amide bonds. The van der Waals surface area contributed by atoms with Gasteiger partial charge in [0.25, 0.3) is 0 Å². The number of allylic oxidation sites excluding steroid dienone is 9. The molecule has 2 nitrogen and oxygen atoms in total. The predicted octanol–water partition coefficient (Wildman–Crippen LogP) is 8.05. The summed E-state index contributed by atoms with van der Waals surface area (Å²) in [5.41, 5.74) is 3.84. The van der Waals surface area contributed by atoms with Crippen LogP contribution in [0.4, 0.5) is 8.78 Å². The monoisotopic (exact) mass is 413 g/mol. The number of hydrogen-bond donors (Lipinski definition) is 0. The Morgan fingerprint density at radius 1 is 1.20 bits per heavy atom. The van der Waals surface area contributed by atoms with Crippen LogP contribution in [0.25, 0.3) is 5.57 Å². The second kappa shape index (κ2) is 15.9. The van der Waals surface area contributed by atoms with E-state index in [4.69, 9.17) is 4.74 Å². The first-order valence-electron chi connectivity index (χ1n) is 9.85. The van der Waals surface area contributed by atoms with Crippen molar-refractivity contribution in [2.24, 2.45) is 4.99 Å². The molecule has 0 bridgehead atoms. The van der Waals surface area contributed by atoms with Crippen molar-refractivity contribution in [3.8, 4) is 0 Å². The van der Waals surface area contributed by atoms with Gasteiger partial charge >= 0.3 is 0 Å². The molecule has 0 aromatic heterocycles. The highest BCUT2D eigenvalue weighted by Crippen LogP contribution is 2.20. The highest BCUT2D eigenvalue weighted by Gasteiger charge is 2.01. The zero-order chi connectivity index (χ0) is 22.9. The number of ether oxygens (including phenoxy) is 1. The third kappa shape index (κ3) is 11.1. The second-order valence-corrected chi connectivity index (χ2v) is 6.24. The molecule has 0 atom stereocenters. The Bertz CT molecular complexity index is 843. The quantitative estimate of drug-likeness (QED) is 0.228. The lowest BCUT2D eigenvalue weighted by Gasteiger charge is -2.06. The molecule has 162 valence electrons. The number of rotatable bonds is 9. The van der Waals surface area contributed by atoms with Gasteiger partial charge in [0.05, 0.1) is 11.5 Å². The normalized spacial score (nSPS) is 13.0. The van der Waals surface area contributed by atoms with Crippen molar-refractivity contribution in [2.75, 3.05) is 6.61 Å². The van der Waals surface area contributed by atoms with Crippen LogP contribution < -0.4 is 0 Å². The third-order valence-corrected chi connectivity index (χ3v) is 3.87. The molecule has 0 heterocycles. The highest BCUT2D eigenvalue weighted by molar-refractivity contribution is 5.75. The molecule has 0 spiro atoms. The van der Waals surface area contributed by atoms with E-state index in [1.807, 2.05) is 46.1 Å². The molecular formula is C26H33F2NO.